The van der Waals surface area contributed by atoms with Gasteiger partial charge >= 0.3 is 6.03 Å². The van der Waals surface area contributed by atoms with Crippen LogP contribution in [0.3, 0.4) is 0 Å². The summed E-state index contributed by atoms with van der Waals surface area (Å²) < 4.78 is 0. The molecule has 128 valence electrons. The maximum atomic E-state index is 12.6. The van der Waals surface area contributed by atoms with Crippen LogP contribution >= 0.6 is 0 Å². The number of fused-ring (bicyclic) bond motifs is 1. The summed E-state index contributed by atoms with van der Waals surface area (Å²) in [7, 11) is 0. The molecule has 2 aliphatic rings. The summed E-state index contributed by atoms with van der Waals surface area (Å²) >= 11 is 0. The van der Waals surface area contributed by atoms with Crippen molar-refractivity contribution >= 4 is 17.6 Å². The number of rotatable bonds is 3. The monoisotopic (exact) mass is 335 g/mol. The predicted octanol–water partition coefficient (Wildman–Crippen LogP) is 2.50. The van der Waals surface area contributed by atoms with E-state index in [0.29, 0.717) is 18.7 Å². The Balaban J connectivity index is 1.46. The summed E-state index contributed by atoms with van der Waals surface area (Å²) in [6.45, 7) is 1.26. The molecule has 0 saturated carbocycles. The van der Waals surface area contributed by atoms with E-state index in [1.54, 1.807) is 17.0 Å². The van der Waals surface area contributed by atoms with Crippen LogP contribution in [-0.4, -0.2) is 31.1 Å². The first kappa shape index (κ1) is 15.7. The lowest BCUT2D eigenvalue weighted by Gasteiger charge is -2.25. The zero-order valence-corrected chi connectivity index (χ0v) is 14.0. The molecule has 1 fully saturated rings. The van der Waals surface area contributed by atoms with E-state index in [9.17, 15) is 9.59 Å². The second-order valence-corrected chi connectivity index (χ2v) is 6.62. The van der Waals surface area contributed by atoms with E-state index in [0.717, 1.165) is 24.9 Å². The number of benzene rings is 2. The summed E-state index contributed by atoms with van der Waals surface area (Å²) in [5.41, 5.74) is 4.06. The Morgan fingerprint density at radius 3 is 2.76 bits per heavy atom. The molecule has 2 aromatic rings. The molecule has 0 aromatic heterocycles. The number of carbonyl (C=O) groups excluding carboxylic acids is 2. The minimum Gasteiger partial charge on any atom is -0.349 e. The van der Waals surface area contributed by atoms with Gasteiger partial charge in [0.15, 0.2) is 0 Å². The molecule has 1 aliphatic carbocycles. The molecule has 25 heavy (non-hydrogen) atoms. The Bertz CT molecular complexity index is 818. The Hall–Kier alpha value is -2.82. The molecular formula is C20H21N3O2. The highest BCUT2D eigenvalue weighted by Crippen LogP contribution is 2.22. The number of nitrogens with zero attached hydrogens (tertiary/aromatic N) is 1. The summed E-state index contributed by atoms with van der Waals surface area (Å²) in [5.74, 6) is -0.0779. The zero-order valence-electron chi connectivity index (χ0n) is 14.0. The largest absolute Gasteiger partial charge is 0.349 e. The van der Waals surface area contributed by atoms with E-state index >= 15 is 0 Å². The van der Waals surface area contributed by atoms with Crippen LogP contribution in [0.4, 0.5) is 10.5 Å². The molecule has 1 heterocycles. The van der Waals surface area contributed by atoms with Gasteiger partial charge in [-0.3, -0.25) is 9.69 Å². The number of nitrogens with one attached hydrogen (secondary N) is 2. The average molecular weight is 335 g/mol. The molecule has 4 rings (SSSR count). The molecule has 2 aromatic carbocycles. The van der Waals surface area contributed by atoms with Crippen LogP contribution in [0.15, 0.2) is 48.5 Å². The van der Waals surface area contributed by atoms with Crippen molar-refractivity contribution in [3.8, 4) is 0 Å². The van der Waals surface area contributed by atoms with Crippen molar-refractivity contribution in [2.45, 2.75) is 25.3 Å². The van der Waals surface area contributed by atoms with Crippen LogP contribution in [0.1, 0.15) is 27.9 Å². The van der Waals surface area contributed by atoms with Crippen molar-refractivity contribution < 1.29 is 9.59 Å². The molecule has 1 aliphatic heterocycles. The quantitative estimate of drug-likeness (QED) is 0.905. The van der Waals surface area contributed by atoms with Gasteiger partial charge in [-0.15, -0.1) is 0 Å². The van der Waals surface area contributed by atoms with Crippen LogP contribution < -0.4 is 15.5 Å². The van der Waals surface area contributed by atoms with Crippen molar-refractivity contribution in [2.24, 2.45) is 0 Å². The van der Waals surface area contributed by atoms with Crippen molar-refractivity contribution in [3.63, 3.8) is 0 Å². The smallest absolute Gasteiger partial charge is 0.321 e. The third-order valence-corrected chi connectivity index (χ3v) is 4.96. The summed E-state index contributed by atoms with van der Waals surface area (Å²) in [6, 6.07) is 15.7. The molecule has 0 radical (unpaired) electrons. The molecule has 0 spiro atoms. The minimum absolute atomic E-state index is 0.0779. The first-order valence-electron chi connectivity index (χ1n) is 8.74. The van der Waals surface area contributed by atoms with E-state index in [-0.39, 0.29) is 18.0 Å². The highest BCUT2D eigenvalue weighted by atomic mass is 16.2. The van der Waals surface area contributed by atoms with Gasteiger partial charge in [0, 0.05) is 30.4 Å². The van der Waals surface area contributed by atoms with Crippen LogP contribution in [0, 0.1) is 0 Å². The van der Waals surface area contributed by atoms with Crippen LogP contribution in [0.2, 0.25) is 0 Å². The third-order valence-electron chi connectivity index (χ3n) is 4.96. The molecule has 5 nitrogen and oxygen atoms in total. The number of carbonyl (C=O) groups is 2. The first-order chi connectivity index (χ1) is 12.2. The Labute approximate surface area is 147 Å². The lowest BCUT2D eigenvalue weighted by atomic mass is 9.88. The Morgan fingerprint density at radius 1 is 1.12 bits per heavy atom. The van der Waals surface area contributed by atoms with E-state index in [1.165, 1.54) is 11.1 Å². The van der Waals surface area contributed by atoms with Gasteiger partial charge in [0.25, 0.3) is 5.91 Å². The summed E-state index contributed by atoms with van der Waals surface area (Å²) in [6.07, 6.45) is 2.82. The van der Waals surface area contributed by atoms with Crippen LogP contribution in [0.5, 0.6) is 0 Å². The zero-order chi connectivity index (χ0) is 17.2. The molecule has 5 heteroatoms. The number of urea groups is 1. The highest BCUT2D eigenvalue weighted by Gasteiger charge is 2.23. The maximum absolute atomic E-state index is 12.6. The van der Waals surface area contributed by atoms with Gasteiger partial charge in [-0.05, 0) is 48.6 Å². The molecule has 3 amide bonds. The van der Waals surface area contributed by atoms with Gasteiger partial charge in [0.2, 0.25) is 0 Å². The number of amides is 3. The predicted molar refractivity (Wildman–Crippen MR) is 96.9 cm³/mol. The van der Waals surface area contributed by atoms with E-state index in [2.05, 4.69) is 28.8 Å². The molecule has 1 atom stereocenters. The van der Waals surface area contributed by atoms with Crippen molar-refractivity contribution in [1.29, 1.82) is 0 Å². The Kier molecular flexibility index (Phi) is 4.14. The van der Waals surface area contributed by atoms with Gasteiger partial charge in [0.05, 0.1) is 0 Å². The molecule has 2 N–H and O–H groups in total. The lowest BCUT2D eigenvalue weighted by molar-refractivity contribution is 0.0933. The van der Waals surface area contributed by atoms with Crippen molar-refractivity contribution in [3.05, 3.63) is 65.2 Å². The SMILES string of the molecule is O=C(N[C@@H]1CCc2ccccc2C1)c1cccc(N2CCNC2=O)c1. The van der Waals surface area contributed by atoms with Gasteiger partial charge < -0.3 is 10.6 Å². The summed E-state index contributed by atoms with van der Waals surface area (Å²) in [5, 5.41) is 5.93. The number of hydrogen-bond donors (Lipinski definition) is 2. The minimum atomic E-state index is -0.110. The molecule has 0 unspecified atom stereocenters. The number of hydrogen-bond acceptors (Lipinski definition) is 2. The maximum Gasteiger partial charge on any atom is 0.321 e. The van der Waals surface area contributed by atoms with Crippen LogP contribution in [0.25, 0.3) is 0 Å². The number of anilines is 1. The lowest BCUT2D eigenvalue weighted by Crippen LogP contribution is -2.39. The van der Waals surface area contributed by atoms with Gasteiger partial charge in [-0.25, -0.2) is 4.79 Å². The van der Waals surface area contributed by atoms with Gasteiger partial charge in [-0.2, -0.15) is 0 Å². The van der Waals surface area contributed by atoms with Crippen molar-refractivity contribution in [2.75, 3.05) is 18.0 Å². The van der Waals surface area contributed by atoms with Gasteiger partial charge in [0.1, 0.15) is 0 Å². The van der Waals surface area contributed by atoms with E-state index in [1.807, 2.05) is 18.2 Å². The highest BCUT2D eigenvalue weighted by molar-refractivity contribution is 5.98. The summed E-state index contributed by atoms with van der Waals surface area (Å²) in [4.78, 5) is 26.1. The average Bonchev–Trinajstić information content (AvgIpc) is 3.08. The standard InChI is InChI=1S/C20H21N3O2/c24-19(22-17-9-8-14-4-1-2-5-15(14)12-17)16-6-3-7-18(13-16)23-11-10-21-20(23)25/h1-7,13,17H,8-12H2,(H,21,25)(H,22,24)/t17-/m1/s1. The van der Waals surface area contributed by atoms with E-state index in [4.69, 9.17) is 0 Å². The fourth-order valence-corrected chi connectivity index (χ4v) is 3.62. The fourth-order valence-electron chi connectivity index (χ4n) is 3.62. The fraction of sp³-hybridized carbons (Fsp3) is 0.300. The molecule has 1 saturated heterocycles. The third kappa shape index (κ3) is 3.22. The number of aryl methyl sites for hydroxylation is 1. The topological polar surface area (TPSA) is 61.4 Å². The molecule has 0 bridgehead atoms. The second-order valence-electron chi connectivity index (χ2n) is 6.62. The first-order valence-corrected chi connectivity index (χ1v) is 8.74. The second kappa shape index (κ2) is 6.59. The van der Waals surface area contributed by atoms with E-state index < -0.39 is 0 Å². The normalized spacial score (nSPS) is 19.3. The van der Waals surface area contributed by atoms with Gasteiger partial charge in [-0.1, -0.05) is 30.3 Å². The Morgan fingerprint density at radius 2 is 1.96 bits per heavy atom. The van der Waals surface area contributed by atoms with Crippen molar-refractivity contribution in [1.82, 2.24) is 10.6 Å². The van der Waals surface area contributed by atoms with Crippen LogP contribution in [-0.2, 0) is 12.8 Å². The molecular weight excluding hydrogens is 314 g/mol.